The largest absolute Gasteiger partial charge is 0.290 e. The van der Waals surface area contributed by atoms with E-state index in [9.17, 15) is 22.9 Å². The molecule has 0 saturated heterocycles. The fraction of sp³-hybridized carbons (Fsp3) is 0.0833. The molecule has 1 heterocycles. The zero-order valence-electron chi connectivity index (χ0n) is 11.2. The van der Waals surface area contributed by atoms with Gasteiger partial charge in [-0.2, -0.15) is 0 Å². The van der Waals surface area contributed by atoms with E-state index >= 15 is 0 Å². The van der Waals surface area contributed by atoms with Crippen molar-refractivity contribution in [2.45, 2.75) is 11.4 Å². The standard InChI is InChI=1S/C12H8Cl2FN3O4S/c13-7-2-1-3-16-10(7)6-17-23(21,22)12-4-8(14)11(18(19)20)5-9(12)15/h1-5,17H,6H2. The van der Waals surface area contributed by atoms with E-state index in [0.29, 0.717) is 12.1 Å². The summed E-state index contributed by atoms with van der Waals surface area (Å²) in [6.07, 6.45) is 1.42. The van der Waals surface area contributed by atoms with Crippen molar-refractivity contribution >= 4 is 38.9 Å². The summed E-state index contributed by atoms with van der Waals surface area (Å²) >= 11 is 11.5. The highest BCUT2D eigenvalue weighted by Gasteiger charge is 2.25. The third-order valence-corrected chi connectivity index (χ3v) is 4.81. The SMILES string of the molecule is O=[N+]([O-])c1cc(F)c(S(=O)(=O)NCc2ncccc2Cl)cc1Cl. The first-order valence-electron chi connectivity index (χ1n) is 5.95. The highest BCUT2D eigenvalue weighted by molar-refractivity contribution is 7.89. The second kappa shape index (κ2) is 6.75. The van der Waals surface area contributed by atoms with Crippen LogP contribution in [0.15, 0.2) is 35.4 Å². The lowest BCUT2D eigenvalue weighted by Gasteiger charge is -2.09. The van der Waals surface area contributed by atoms with Crippen LogP contribution in [0.2, 0.25) is 10.0 Å². The van der Waals surface area contributed by atoms with Gasteiger partial charge >= 0.3 is 0 Å². The predicted octanol–water partition coefficient (Wildman–Crippen LogP) is 2.91. The molecular weight excluding hydrogens is 372 g/mol. The van der Waals surface area contributed by atoms with E-state index in [-0.39, 0.29) is 17.3 Å². The maximum Gasteiger partial charge on any atom is 0.290 e. The van der Waals surface area contributed by atoms with Gasteiger partial charge in [0.15, 0.2) is 0 Å². The zero-order valence-corrected chi connectivity index (χ0v) is 13.5. The van der Waals surface area contributed by atoms with Crippen LogP contribution in [-0.4, -0.2) is 18.3 Å². The van der Waals surface area contributed by atoms with Crippen molar-refractivity contribution in [2.24, 2.45) is 0 Å². The molecule has 0 radical (unpaired) electrons. The Hall–Kier alpha value is -1.81. The number of halogens is 3. The average Bonchev–Trinajstić information content (AvgIpc) is 2.48. The molecule has 0 saturated carbocycles. The fourth-order valence-electron chi connectivity index (χ4n) is 1.65. The van der Waals surface area contributed by atoms with Crippen molar-refractivity contribution in [1.82, 2.24) is 9.71 Å². The molecule has 122 valence electrons. The number of nitro groups is 1. The van der Waals surface area contributed by atoms with Crippen LogP contribution >= 0.6 is 23.2 Å². The lowest BCUT2D eigenvalue weighted by molar-refractivity contribution is -0.384. The molecule has 0 aliphatic carbocycles. The number of pyridine rings is 1. The number of benzene rings is 1. The number of aromatic nitrogens is 1. The van der Waals surface area contributed by atoms with Crippen LogP contribution in [-0.2, 0) is 16.6 Å². The molecule has 0 spiro atoms. The quantitative estimate of drug-likeness (QED) is 0.635. The molecule has 1 aromatic carbocycles. The summed E-state index contributed by atoms with van der Waals surface area (Å²) in [6.45, 7) is -0.282. The molecule has 1 N–H and O–H groups in total. The Kier molecular flexibility index (Phi) is 5.15. The van der Waals surface area contributed by atoms with Crippen LogP contribution in [0, 0.1) is 15.9 Å². The Balaban J connectivity index is 2.32. The molecular formula is C12H8Cl2FN3O4S. The van der Waals surface area contributed by atoms with E-state index < -0.39 is 36.4 Å². The van der Waals surface area contributed by atoms with Crippen LogP contribution in [0.5, 0.6) is 0 Å². The number of hydrogen-bond acceptors (Lipinski definition) is 5. The zero-order chi connectivity index (χ0) is 17.2. The Morgan fingerprint density at radius 3 is 2.61 bits per heavy atom. The van der Waals surface area contributed by atoms with Crippen molar-refractivity contribution in [1.29, 1.82) is 0 Å². The van der Waals surface area contributed by atoms with Crippen LogP contribution < -0.4 is 4.72 Å². The van der Waals surface area contributed by atoms with Crippen LogP contribution in [0.25, 0.3) is 0 Å². The summed E-state index contributed by atoms with van der Waals surface area (Å²) < 4.78 is 40.2. The highest BCUT2D eigenvalue weighted by Crippen LogP contribution is 2.29. The molecule has 1 aromatic heterocycles. The Morgan fingerprint density at radius 2 is 2.00 bits per heavy atom. The van der Waals surface area contributed by atoms with Gasteiger partial charge in [-0.25, -0.2) is 17.5 Å². The average molecular weight is 380 g/mol. The normalized spacial score (nSPS) is 11.4. The maximum atomic E-state index is 13.9. The van der Waals surface area contributed by atoms with Crippen molar-refractivity contribution < 1.29 is 17.7 Å². The number of hydrogen-bond donors (Lipinski definition) is 1. The van der Waals surface area contributed by atoms with Gasteiger partial charge in [-0.05, 0) is 18.2 Å². The van der Waals surface area contributed by atoms with E-state index in [4.69, 9.17) is 23.2 Å². The molecule has 0 atom stereocenters. The molecule has 2 rings (SSSR count). The second-order valence-electron chi connectivity index (χ2n) is 4.25. The van der Waals surface area contributed by atoms with E-state index in [2.05, 4.69) is 9.71 Å². The van der Waals surface area contributed by atoms with Gasteiger partial charge in [0.2, 0.25) is 10.0 Å². The van der Waals surface area contributed by atoms with Crippen LogP contribution in [0.4, 0.5) is 10.1 Å². The molecule has 11 heteroatoms. The molecule has 0 unspecified atom stereocenters. The van der Waals surface area contributed by atoms with Gasteiger partial charge in [0.1, 0.15) is 15.7 Å². The van der Waals surface area contributed by atoms with Crippen molar-refractivity contribution in [3.05, 3.63) is 62.1 Å². The van der Waals surface area contributed by atoms with Crippen molar-refractivity contribution in [3.8, 4) is 0 Å². The third kappa shape index (κ3) is 3.94. The van der Waals surface area contributed by atoms with Gasteiger partial charge in [-0.15, -0.1) is 0 Å². The number of sulfonamides is 1. The Bertz CT molecular complexity index is 877. The van der Waals surface area contributed by atoms with Crippen molar-refractivity contribution in [3.63, 3.8) is 0 Å². The van der Waals surface area contributed by atoms with Gasteiger partial charge in [-0.3, -0.25) is 15.1 Å². The third-order valence-electron chi connectivity index (χ3n) is 2.75. The topological polar surface area (TPSA) is 102 Å². The summed E-state index contributed by atoms with van der Waals surface area (Å²) in [4.78, 5) is 12.8. The van der Waals surface area contributed by atoms with Gasteiger partial charge in [-0.1, -0.05) is 23.2 Å². The summed E-state index contributed by atoms with van der Waals surface area (Å²) in [7, 11) is -4.30. The Labute approximate surface area is 140 Å². The van der Waals surface area contributed by atoms with Crippen LogP contribution in [0.1, 0.15) is 5.69 Å². The molecule has 7 nitrogen and oxygen atoms in total. The minimum Gasteiger partial charge on any atom is -0.258 e. The first-order chi connectivity index (χ1) is 10.7. The number of rotatable bonds is 5. The van der Waals surface area contributed by atoms with E-state index in [1.807, 2.05) is 0 Å². The fourth-order valence-corrected chi connectivity index (χ4v) is 3.21. The molecule has 0 amide bonds. The van der Waals surface area contributed by atoms with Gasteiger partial charge in [0, 0.05) is 6.20 Å². The molecule has 23 heavy (non-hydrogen) atoms. The molecule has 2 aromatic rings. The van der Waals surface area contributed by atoms with Gasteiger partial charge in [0.25, 0.3) is 5.69 Å². The summed E-state index contributed by atoms with van der Waals surface area (Å²) in [6, 6.07) is 4.21. The molecule has 0 bridgehead atoms. The Morgan fingerprint density at radius 1 is 1.30 bits per heavy atom. The van der Waals surface area contributed by atoms with E-state index in [0.717, 1.165) is 0 Å². The van der Waals surface area contributed by atoms with Gasteiger partial charge < -0.3 is 0 Å². The highest BCUT2D eigenvalue weighted by atomic mass is 35.5. The lowest BCUT2D eigenvalue weighted by atomic mass is 10.3. The second-order valence-corrected chi connectivity index (χ2v) is 6.80. The first-order valence-corrected chi connectivity index (χ1v) is 8.19. The van der Waals surface area contributed by atoms with E-state index in [1.54, 1.807) is 6.07 Å². The summed E-state index contributed by atoms with van der Waals surface area (Å²) in [5.74, 6) is -1.29. The number of nitrogens with one attached hydrogen (secondary N) is 1. The first kappa shape index (κ1) is 17.5. The molecule has 0 fully saturated rings. The predicted molar refractivity (Wildman–Crippen MR) is 81.3 cm³/mol. The minimum atomic E-state index is -4.30. The molecule has 0 aliphatic heterocycles. The van der Waals surface area contributed by atoms with E-state index in [1.165, 1.54) is 12.3 Å². The monoisotopic (exact) mass is 379 g/mol. The summed E-state index contributed by atoms with van der Waals surface area (Å²) in [5.41, 5.74) is -0.484. The minimum absolute atomic E-state index is 0.234. The van der Waals surface area contributed by atoms with Crippen molar-refractivity contribution in [2.75, 3.05) is 0 Å². The van der Waals surface area contributed by atoms with Gasteiger partial charge in [0.05, 0.1) is 28.3 Å². The summed E-state index contributed by atoms with van der Waals surface area (Å²) in [5, 5.41) is 10.4. The maximum absolute atomic E-state index is 13.9. The lowest BCUT2D eigenvalue weighted by Crippen LogP contribution is -2.25. The number of nitro benzene ring substituents is 1. The smallest absolute Gasteiger partial charge is 0.258 e. The number of nitrogens with zero attached hydrogens (tertiary/aromatic N) is 2. The molecule has 0 aliphatic rings. The van der Waals surface area contributed by atoms with Crippen LogP contribution in [0.3, 0.4) is 0 Å².